The van der Waals surface area contributed by atoms with E-state index >= 15 is 0 Å². The van der Waals surface area contributed by atoms with Crippen LogP contribution in [0.4, 0.5) is 0 Å². The Morgan fingerprint density at radius 1 is 1.56 bits per heavy atom. The van der Waals surface area contributed by atoms with Gasteiger partial charge in [0.2, 0.25) is 0 Å². The van der Waals surface area contributed by atoms with Crippen molar-refractivity contribution in [3.8, 4) is 0 Å². The molecule has 2 heterocycles. The largest absolute Gasteiger partial charge is 0.356 e. The Balaban J connectivity index is 1.71. The maximum absolute atomic E-state index is 11.8. The predicted molar refractivity (Wildman–Crippen MR) is 75.7 cm³/mol. The third-order valence-corrected chi connectivity index (χ3v) is 3.73. The summed E-state index contributed by atoms with van der Waals surface area (Å²) in [5, 5.41) is 2.97. The Morgan fingerprint density at radius 2 is 2.28 bits per heavy atom. The zero-order chi connectivity index (χ0) is 13.0. The van der Waals surface area contributed by atoms with E-state index in [1.165, 1.54) is 25.9 Å². The molecular weight excluding hydrogens is 294 g/mol. The lowest BCUT2D eigenvalue weighted by atomic mass is 10.1. The van der Waals surface area contributed by atoms with Gasteiger partial charge in [0.25, 0.3) is 5.91 Å². The van der Waals surface area contributed by atoms with E-state index in [1.54, 1.807) is 12.3 Å². The van der Waals surface area contributed by atoms with Crippen LogP contribution in [0, 0.1) is 5.92 Å². The van der Waals surface area contributed by atoms with Crippen molar-refractivity contribution in [1.29, 1.82) is 0 Å². The molecule has 1 aromatic heterocycles. The highest BCUT2D eigenvalue weighted by Gasteiger charge is 2.15. The number of halogens is 1. The molecule has 5 heteroatoms. The first kappa shape index (κ1) is 13.6. The first-order valence-corrected chi connectivity index (χ1v) is 7.29. The van der Waals surface area contributed by atoms with E-state index in [0.29, 0.717) is 11.6 Å². The average molecular weight is 314 g/mol. The van der Waals surface area contributed by atoms with E-state index in [0.717, 1.165) is 17.6 Å². The number of aromatic nitrogens is 1. The zero-order valence-electron chi connectivity index (χ0n) is 10.7. The Kier molecular flexibility index (Phi) is 4.83. The first-order valence-electron chi connectivity index (χ1n) is 6.49. The Hall–Kier alpha value is -0.810. The molecule has 1 unspecified atom stereocenters. The highest BCUT2D eigenvalue weighted by molar-refractivity contribution is 9.10. The fourth-order valence-corrected chi connectivity index (χ4v) is 2.68. The zero-order valence-corrected chi connectivity index (χ0v) is 12.3. The summed E-state index contributed by atoms with van der Waals surface area (Å²) in [4.78, 5) is 17.2. The Morgan fingerprint density at radius 3 is 2.89 bits per heavy atom. The van der Waals surface area contributed by atoms with Gasteiger partial charge in [-0.1, -0.05) is 6.92 Å². The van der Waals surface area contributed by atoms with Crippen LogP contribution in [-0.4, -0.2) is 42.0 Å². The number of aromatic amines is 1. The molecule has 0 bridgehead atoms. The molecule has 1 fully saturated rings. The van der Waals surface area contributed by atoms with Crippen molar-refractivity contribution in [2.75, 3.05) is 26.2 Å². The number of carbonyl (C=O) groups is 1. The Bertz CT molecular complexity index is 399. The summed E-state index contributed by atoms with van der Waals surface area (Å²) in [5.41, 5.74) is 0.607. The molecule has 1 aliphatic rings. The molecule has 100 valence electrons. The van der Waals surface area contributed by atoms with Crippen LogP contribution < -0.4 is 5.32 Å². The number of H-pyrrole nitrogens is 1. The van der Waals surface area contributed by atoms with Crippen molar-refractivity contribution in [3.63, 3.8) is 0 Å². The molecule has 2 rings (SSSR count). The van der Waals surface area contributed by atoms with Crippen LogP contribution in [0.3, 0.4) is 0 Å². The van der Waals surface area contributed by atoms with Crippen molar-refractivity contribution < 1.29 is 4.79 Å². The Labute approximate surface area is 116 Å². The summed E-state index contributed by atoms with van der Waals surface area (Å²) < 4.78 is 0.901. The van der Waals surface area contributed by atoms with Gasteiger partial charge in [-0.15, -0.1) is 0 Å². The molecule has 1 aliphatic heterocycles. The molecule has 1 aromatic rings. The molecule has 4 nitrogen and oxygen atoms in total. The molecule has 0 radical (unpaired) electrons. The number of carbonyl (C=O) groups excluding carboxylic acids is 1. The number of nitrogens with one attached hydrogen (secondary N) is 2. The topological polar surface area (TPSA) is 48.1 Å². The van der Waals surface area contributed by atoms with Gasteiger partial charge < -0.3 is 15.2 Å². The number of hydrogen-bond acceptors (Lipinski definition) is 2. The molecule has 0 spiro atoms. The lowest BCUT2D eigenvalue weighted by molar-refractivity contribution is 0.0940. The maximum atomic E-state index is 11.8. The maximum Gasteiger partial charge on any atom is 0.267 e. The average Bonchev–Trinajstić information content (AvgIpc) is 2.97. The van der Waals surface area contributed by atoms with E-state index in [4.69, 9.17) is 0 Å². The predicted octanol–water partition coefficient (Wildman–Crippen LogP) is 2.24. The highest BCUT2D eigenvalue weighted by Crippen LogP contribution is 2.11. The van der Waals surface area contributed by atoms with E-state index in [1.807, 2.05) is 0 Å². The third-order valence-electron chi connectivity index (χ3n) is 3.27. The summed E-state index contributed by atoms with van der Waals surface area (Å²) in [6.07, 6.45) is 4.40. The number of rotatable bonds is 5. The summed E-state index contributed by atoms with van der Waals surface area (Å²) in [6, 6.07) is 1.79. The van der Waals surface area contributed by atoms with Crippen molar-refractivity contribution in [2.24, 2.45) is 5.92 Å². The molecule has 0 aliphatic carbocycles. The van der Waals surface area contributed by atoms with Crippen molar-refractivity contribution >= 4 is 21.8 Å². The van der Waals surface area contributed by atoms with E-state index in [9.17, 15) is 4.79 Å². The molecular formula is C13H20BrN3O. The summed E-state index contributed by atoms with van der Waals surface area (Å²) in [6.45, 7) is 6.41. The molecule has 0 aromatic carbocycles. The second kappa shape index (κ2) is 6.38. The lowest BCUT2D eigenvalue weighted by Gasteiger charge is -2.20. The molecule has 1 atom stereocenters. The molecule has 18 heavy (non-hydrogen) atoms. The van der Waals surface area contributed by atoms with Crippen LogP contribution in [0.25, 0.3) is 0 Å². The van der Waals surface area contributed by atoms with Gasteiger partial charge in [-0.3, -0.25) is 4.79 Å². The molecule has 1 saturated heterocycles. The summed E-state index contributed by atoms with van der Waals surface area (Å²) >= 11 is 3.32. The molecule has 1 amide bonds. The van der Waals surface area contributed by atoms with E-state index in [2.05, 4.69) is 38.1 Å². The van der Waals surface area contributed by atoms with Gasteiger partial charge in [-0.05, 0) is 53.8 Å². The number of amides is 1. The quantitative estimate of drug-likeness (QED) is 0.876. The number of hydrogen-bond donors (Lipinski definition) is 2. The standard InChI is InChI=1S/C13H20BrN3O/c1-10(9-17-4-2-3-5-17)7-16-13(18)12-6-11(14)8-15-12/h6,8,10,15H,2-5,7,9H2,1H3,(H,16,18). The van der Waals surface area contributed by atoms with Gasteiger partial charge >= 0.3 is 0 Å². The van der Waals surface area contributed by atoms with Crippen LogP contribution in [0.1, 0.15) is 30.3 Å². The van der Waals surface area contributed by atoms with Gasteiger partial charge in [0.05, 0.1) is 0 Å². The van der Waals surface area contributed by atoms with E-state index in [-0.39, 0.29) is 5.91 Å². The van der Waals surface area contributed by atoms with Crippen molar-refractivity contribution in [3.05, 3.63) is 22.4 Å². The van der Waals surface area contributed by atoms with E-state index < -0.39 is 0 Å². The monoisotopic (exact) mass is 313 g/mol. The summed E-state index contributed by atoms with van der Waals surface area (Å²) in [5.74, 6) is 0.458. The normalized spacial score (nSPS) is 17.9. The van der Waals surface area contributed by atoms with Crippen LogP contribution in [0.15, 0.2) is 16.7 Å². The minimum atomic E-state index is -0.0334. The summed E-state index contributed by atoms with van der Waals surface area (Å²) in [7, 11) is 0. The van der Waals surface area contributed by atoms with Gasteiger partial charge in [0, 0.05) is 23.8 Å². The lowest BCUT2D eigenvalue weighted by Crippen LogP contribution is -2.34. The van der Waals surface area contributed by atoms with Gasteiger partial charge in [-0.25, -0.2) is 0 Å². The van der Waals surface area contributed by atoms with Crippen LogP contribution in [0.2, 0.25) is 0 Å². The first-order chi connectivity index (χ1) is 8.65. The minimum absolute atomic E-state index is 0.0334. The highest BCUT2D eigenvalue weighted by atomic mass is 79.9. The SMILES string of the molecule is CC(CNC(=O)c1cc(Br)c[nH]1)CN1CCCC1. The second-order valence-corrected chi connectivity index (χ2v) is 5.97. The van der Waals surface area contributed by atoms with Gasteiger partial charge in [0.15, 0.2) is 0 Å². The van der Waals surface area contributed by atoms with Gasteiger partial charge in [0.1, 0.15) is 5.69 Å². The number of nitrogens with zero attached hydrogens (tertiary/aromatic N) is 1. The fraction of sp³-hybridized carbons (Fsp3) is 0.615. The van der Waals surface area contributed by atoms with Crippen LogP contribution >= 0.6 is 15.9 Å². The van der Waals surface area contributed by atoms with Crippen LogP contribution in [0.5, 0.6) is 0 Å². The third kappa shape index (κ3) is 3.85. The van der Waals surface area contributed by atoms with Gasteiger partial charge in [-0.2, -0.15) is 0 Å². The fourth-order valence-electron chi connectivity index (χ4n) is 2.33. The smallest absolute Gasteiger partial charge is 0.267 e. The number of likely N-dealkylation sites (tertiary alicyclic amines) is 1. The molecule has 2 N–H and O–H groups in total. The second-order valence-electron chi connectivity index (χ2n) is 5.05. The molecule has 0 saturated carbocycles. The van der Waals surface area contributed by atoms with Crippen LogP contribution in [-0.2, 0) is 0 Å². The minimum Gasteiger partial charge on any atom is -0.356 e. The van der Waals surface area contributed by atoms with Crippen molar-refractivity contribution in [1.82, 2.24) is 15.2 Å². The van der Waals surface area contributed by atoms with Crippen molar-refractivity contribution in [2.45, 2.75) is 19.8 Å².